The summed E-state index contributed by atoms with van der Waals surface area (Å²) < 4.78 is 5.45. The number of nitrogens with two attached hydrogens (primary N) is 1. The van der Waals surface area contributed by atoms with Crippen LogP contribution >= 0.6 is 0 Å². The monoisotopic (exact) mass is 237 g/mol. The first-order valence-electron chi connectivity index (χ1n) is 5.84. The molecule has 1 aromatic heterocycles. The molecule has 0 aromatic carbocycles. The van der Waals surface area contributed by atoms with Gasteiger partial charge in [0.15, 0.2) is 0 Å². The zero-order valence-electron chi connectivity index (χ0n) is 10.2. The van der Waals surface area contributed by atoms with Crippen LogP contribution in [0.3, 0.4) is 0 Å². The van der Waals surface area contributed by atoms with E-state index in [9.17, 15) is 0 Å². The summed E-state index contributed by atoms with van der Waals surface area (Å²) >= 11 is 0. The van der Waals surface area contributed by atoms with E-state index in [2.05, 4.69) is 20.7 Å². The summed E-state index contributed by atoms with van der Waals surface area (Å²) in [6.45, 7) is 1.97. The highest BCUT2D eigenvalue weighted by atomic mass is 16.5. The summed E-state index contributed by atoms with van der Waals surface area (Å²) in [6.07, 6.45) is 5.40. The van der Waals surface area contributed by atoms with Gasteiger partial charge >= 0.3 is 0 Å². The van der Waals surface area contributed by atoms with Crippen LogP contribution < -0.4 is 16.6 Å². The fourth-order valence-electron chi connectivity index (χ4n) is 2.21. The lowest BCUT2D eigenvalue weighted by molar-refractivity contribution is 0.101. The van der Waals surface area contributed by atoms with Gasteiger partial charge < -0.3 is 10.1 Å². The molecule has 2 rings (SSSR count). The van der Waals surface area contributed by atoms with Gasteiger partial charge in [-0.3, -0.25) is 5.43 Å². The highest BCUT2D eigenvalue weighted by molar-refractivity contribution is 5.47. The number of hydrazine groups is 1. The molecule has 0 amide bonds. The van der Waals surface area contributed by atoms with Crippen LogP contribution in [-0.4, -0.2) is 29.2 Å². The Morgan fingerprint density at radius 2 is 2.29 bits per heavy atom. The number of aromatic nitrogens is 2. The average molecular weight is 237 g/mol. The van der Waals surface area contributed by atoms with Crippen LogP contribution in [0.5, 0.6) is 0 Å². The molecule has 2 unspecified atom stereocenters. The summed E-state index contributed by atoms with van der Waals surface area (Å²) in [4.78, 5) is 8.36. The molecule has 0 bridgehead atoms. The third kappa shape index (κ3) is 2.65. The minimum absolute atomic E-state index is 0.263. The Balaban J connectivity index is 2.12. The van der Waals surface area contributed by atoms with Crippen LogP contribution in [-0.2, 0) is 4.74 Å². The minimum atomic E-state index is 0.263. The lowest BCUT2D eigenvalue weighted by atomic mass is 10.2. The van der Waals surface area contributed by atoms with Crippen LogP contribution in [0.25, 0.3) is 0 Å². The van der Waals surface area contributed by atoms with E-state index < -0.39 is 0 Å². The number of anilines is 2. The maximum Gasteiger partial charge on any atom is 0.239 e. The second-order valence-electron chi connectivity index (χ2n) is 4.33. The van der Waals surface area contributed by atoms with E-state index in [1.165, 1.54) is 6.42 Å². The summed E-state index contributed by atoms with van der Waals surface area (Å²) in [5.41, 5.74) is 3.46. The van der Waals surface area contributed by atoms with Crippen molar-refractivity contribution in [2.45, 2.75) is 38.3 Å². The Hall–Kier alpha value is -1.40. The summed E-state index contributed by atoms with van der Waals surface area (Å²) in [5.74, 6) is 6.55. The Bertz CT molecular complexity index is 384. The van der Waals surface area contributed by atoms with E-state index >= 15 is 0 Å². The molecule has 17 heavy (non-hydrogen) atoms. The maximum absolute atomic E-state index is 5.45. The number of rotatable bonds is 4. The molecular formula is C11H19N5O. The van der Waals surface area contributed by atoms with Crippen molar-refractivity contribution in [3.8, 4) is 0 Å². The highest BCUT2D eigenvalue weighted by Crippen LogP contribution is 2.25. The molecule has 1 aliphatic carbocycles. The van der Waals surface area contributed by atoms with Crippen molar-refractivity contribution in [1.82, 2.24) is 9.97 Å². The standard InChI is InChI=1S/C11H19N5O/c1-7-6-13-11(16-12)15-10(7)14-8-4-3-5-9(8)17-2/h6,8-9H,3-5,12H2,1-2H3,(H2,13,14,15,16). The lowest BCUT2D eigenvalue weighted by Gasteiger charge is -2.21. The quantitative estimate of drug-likeness (QED) is 0.536. The smallest absolute Gasteiger partial charge is 0.239 e. The van der Waals surface area contributed by atoms with Crippen LogP contribution in [0.1, 0.15) is 24.8 Å². The topological polar surface area (TPSA) is 85.1 Å². The molecule has 0 radical (unpaired) electrons. The molecule has 0 spiro atoms. The van der Waals surface area contributed by atoms with E-state index in [0.717, 1.165) is 24.2 Å². The second kappa shape index (κ2) is 5.29. The first-order chi connectivity index (χ1) is 8.24. The predicted molar refractivity (Wildman–Crippen MR) is 66.6 cm³/mol. The fourth-order valence-corrected chi connectivity index (χ4v) is 2.21. The number of nitrogens with one attached hydrogen (secondary N) is 2. The molecular weight excluding hydrogens is 218 g/mol. The number of methoxy groups -OCH3 is 1. The lowest BCUT2D eigenvalue weighted by Crippen LogP contribution is -2.30. The van der Waals surface area contributed by atoms with Crippen molar-refractivity contribution >= 4 is 11.8 Å². The Kier molecular flexibility index (Phi) is 3.75. The van der Waals surface area contributed by atoms with Gasteiger partial charge in [-0.2, -0.15) is 4.98 Å². The number of nitrogen functional groups attached to an aromatic ring is 1. The van der Waals surface area contributed by atoms with Crippen molar-refractivity contribution in [2.75, 3.05) is 17.9 Å². The van der Waals surface area contributed by atoms with E-state index in [0.29, 0.717) is 12.0 Å². The molecule has 1 heterocycles. The highest BCUT2D eigenvalue weighted by Gasteiger charge is 2.27. The zero-order chi connectivity index (χ0) is 12.3. The first-order valence-corrected chi connectivity index (χ1v) is 5.84. The molecule has 6 nitrogen and oxygen atoms in total. The first kappa shape index (κ1) is 12.1. The fraction of sp³-hybridized carbons (Fsp3) is 0.636. The molecule has 0 saturated heterocycles. The summed E-state index contributed by atoms with van der Waals surface area (Å²) in [7, 11) is 1.75. The maximum atomic E-state index is 5.45. The van der Waals surface area contributed by atoms with Crippen LogP contribution in [0.4, 0.5) is 11.8 Å². The average Bonchev–Trinajstić information content (AvgIpc) is 2.79. The van der Waals surface area contributed by atoms with Gasteiger partial charge in [-0.15, -0.1) is 0 Å². The van der Waals surface area contributed by atoms with Gasteiger partial charge in [-0.1, -0.05) is 0 Å². The number of nitrogens with zero attached hydrogens (tertiary/aromatic N) is 2. The third-order valence-electron chi connectivity index (χ3n) is 3.18. The van der Waals surface area contributed by atoms with Gasteiger partial charge in [0.2, 0.25) is 5.95 Å². The zero-order valence-corrected chi connectivity index (χ0v) is 10.2. The molecule has 6 heteroatoms. The summed E-state index contributed by atoms with van der Waals surface area (Å²) in [5, 5.41) is 3.41. The normalized spacial score (nSPS) is 23.7. The van der Waals surface area contributed by atoms with Crippen molar-refractivity contribution in [2.24, 2.45) is 5.84 Å². The third-order valence-corrected chi connectivity index (χ3v) is 3.18. The largest absolute Gasteiger partial charge is 0.379 e. The molecule has 4 N–H and O–H groups in total. The minimum Gasteiger partial charge on any atom is -0.379 e. The van der Waals surface area contributed by atoms with Crippen LogP contribution in [0.15, 0.2) is 6.20 Å². The molecule has 1 aliphatic rings. The van der Waals surface area contributed by atoms with Crippen molar-refractivity contribution in [1.29, 1.82) is 0 Å². The van der Waals surface area contributed by atoms with Crippen LogP contribution in [0, 0.1) is 6.92 Å². The molecule has 1 saturated carbocycles. The van der Waals surface area contributed by atoms with Crippen molar-refractivity contribution < 1.29 is 4.74 Å². The molecule has 1 fully saturated rings. The van der Waals surface area contributed by atoms with Gasteiger partial charge in [0.25, 0.3) is 0 Å². The van der Waals surface area contributed by atoms with Gasteiger partial charge in [0.1, 0.15) is 5.82 Å². The number of hydrogen-bond acceptors (Lipinski definition) is 6. The predicted octanol–water partition coefficient (Wildman–Crippen LogP) is 1.05. The van der Waals surface area contributed by atoms with E-state index in [-0.39, 0.29) is 6.10 Å². The van der Waals surface area contributed by atoms with Gasteiger partial charge in [0, 0.05) is 18.9 Å². The number of ether oxygens (including phenoxy) is 1. The van der Waals surface area contributed by atoms with Gasteiger partial charge in [-0.05, 0) is 26.2 Å². The van der Waals surface area contributed by atoms with Crippen molar-refractivity contribution in [3.05, 3.63) is 11.8 Å². The Labute approximate surface area is 101 Å². The molecule has 94 valence electrons. The SMILES string of the molecule is COC1CCCC1Nc1nc(NN)ncc1C. The van der Waals surface area contributed by atoms with E-state index in [1.54, 1.807) is 13.3 Å². The molecule has 2 atom stereocenters. The van der Waals surface area contributed by atoms with Crippen molar-refractivity contribution in [3.63, 3.8) is 0 Å². The molecule has 1 aromatic rings. The Morgan fingerprint density at radius 3 is 3.00 bits per heavy atom. The summed E-state index contributed by atoms with van der Waals surface area (Å²) in [6, 6.07) is 0.319. The number of hydrogen-bond donors (Lipinski definition) is 3. The Morgan fingerprint density at radius 1 is 1.47 bits per heavy atom. The molecule has 0 aliphatic heterocycles. The van der Waals surface area contributed by atoms with E-state index in [1.807, 2.05) is 6.92 Å². The second-order valence-corrected chi connectivity index (χ2v) is 4.33. The van der Waals surface area contributed by atoms with Gasteiger partial charge in [-0.25, -0.2) is 10.8 Å². The van der Waals surface area contributed by atoms with Gasteiger partial charge in [0.05, 0.1) is 12.1 Å². The van der Waals surface area contributed by atoms with Crippen LogP contribution in [0.2, 0.25) is 0 Å². The van der Waals surface area contributed by atoms with E-state index in [4.69, 9.17) is 10.6 Å². The number of aryl methyl sites for hydroxylation is 1.